The SMILES string of the molecule is CC1=[C-]C([Si](C)(C)C2[C-]=C(C)C(C)=C2C)C(C)=C1C.[Cl-].[Cl-].[Zr+4]. The summed E-state index contributed by atoms with van der Waals surface area (Å²) in [6.07, 6.45) is 7.51. The van der Waals surface area contributed by atoms with Crippen LogP contribution in [-0.2, 0) is 26.2 Å². The summed E-state index contributed by atoms with van der Waals surface area (Å²) in [5.41, 5.74) is 9.85. The Morgan fingerprint density at radius 3 is 1.14 bits per heavy atom. The third kappa shape index (κ3) is 4.00. The molecule has 0 aromatic carbocycles. The molecule has 0 N–H and O–H groups in total. The molecule has 0 bridgehead atoms. The van der Waals surface area contributed by atoms with Crippen LogP contribution in [0.15, 0.2) is 33.4 Å². The standard InChI is InChI=1S/C18H26Si.2ClH.Zr/c1-11-9-17(15(5)13(11)3)19(7,8)18-10-12(2)14(4)16(18)6;;;/h17-18H,1-8H3;2*1H;/q-2;;;+4/p-2. The summed E-state index contributed by atoms with van der Waals surface area (Å²) in [4.78, 5) is 0. The third-order valence-electron chi connectivity index (χ3n) is 5.38. The molecule has 0 aliphatic heterocycles. The average molecular weight is 433 g/mol. The first-order chi connectivity index (χ1) is 8.67. The van der Waals surface area contributed by atoms with Gasteiger partial charge in [0.15, 0.2) is 0 Å². The zero-order valence-corrected chi connectivity index (χ0v) is 19.9. The van der Waals surface area contributed by atoms with E-state index in [2.05, 4.69) is 66.8 Å². The smallest absolute Gasteiger partial charge is 1.00 e. The van der Waals surface area contributed by atoms with E-state index in [0.29, 0.717) is 11.1 Å². The summed E-state index contributed by atoms with van der Waals surface area (Å²) in [5, 5.41) is 0. The minimum absolute atomic E-state index is 0. The van der Waals surface area contributed by atoms with Gasteiger partial charge in [-0.25, -0.2) is 11.1 Å². The molecular weight excluding hydrogens is 406 g/mol. The Bertz CT molecular complexity index is 505. The molecule has 0 radical (unpaired) electrons. The number of halogens is 2. The molecule has 120 valence electrons. The molecule has 2 aliphatic rings. The van der Waals surface area contributed by atoms with Crippen LogP contribution >= 0.6 is 0 Å². The molecule has 22 heavy (non-hydrogen) atoms. The maximum atomic E-state index is 3.75. The van der Waals surface area contributed by atoms with Crippen LogP contribution in [0.5, 0.6) is 0 Å². The minimum Gasteiger partial charge on any atom is -1.00 e. The van der Waals surface area contributed by atoms with Crippen molar-refractivity contribution < 1.29 is 51.0 Å². The Kier molecular flexibility index (Phi) is 9.79. The first-order valence-electron chi connectivity index (χ1n) is 7.23. The second-order valence-electron chi connectivity index (χ2n) is 6.84. The quantitative estimate of drug-likeness (QED) is 0.413. The van der Waals surface area contributed by atoms with Gasteiger partial charge in [0.1, 0.15) is 0 Å². The summed E-state index contributed by atoms with van der Waals surface area (Å²) in [6.45, 7) is 18.5. The van der Waals surface area contributed by atoms with Gasteiger partial charge in [-0.2, -0.15) is 22.3 Å². The van der Waals surface area contributed by atoms with Crippen LogP contribution in [0.4, 0.5) is 0 Å². The second kappa shape index (κ2) is 8.65. The van der Waals surface area contributed by atoms with Crippen LogP contribution in [-0.4, -0.2) is 8.07 Å². The maximum absolute atomic E-state index is 3.75. The van der Waals surface area contributed by atoms with Gasteiger partial charge in [0, 0.05) is 8.07 Å². The van der Waals surface area contributed by atoms with E-state index in [0.717, 1.165) is 0 Å². The fourth-order valence-corrected chi connectivity index (χ4v) is 7.72. The van der Waals surface area contributed by atoms with Crippen LogP contribution in [0, 0.1) is 12.2 Å². The molecule has 0 heterocycles. The van der Waals surface area contributed by atoms with Crippen molar-refractivity contribution in [1.29, 1.82) is 0 Å². The predicted molar refractivity (Wildman–Crippen MR) is 86.6 cm³/mol. The topological polar surface area (TPSA) is 0 Å². The summed E-state index contributed by atoms with van der Waals surface area (Å²) >= 11 is 0. The van der Waals surface area contributed by atoms with Gasteiger partial charge >= 0.3 is 26.2 Å². The predicted octanol–water partition coefficient (Wildman–Crippen LogP) is -0.360. The molecule has 0 aromatic heterocycles. The van der Waals surface area contributed by atoms with Crippen molar-refractivity contribution in [2.24, 2.45) is 0 Å². The van der Waals surface area contributed by atoms with E-state index < -0.39 is 8.07 Å². The normalized spacial score (nSPS) is 24.4. The van der Waals surface area contributed by atoms with Crippen molar-refractivity contribution in [1.82, 2.24) is 0 Å². The Balaban J connectivity index is 0. The second-order valence-corrected chi connectivity index (χ2v) is 11.6. The largest absolute Gasteiger partial charge is 4.00 e. The zero-order chi connectivity index (χ0) is 14.5. The Labute approximate surface area is 169 Å². The van der Waals surface area contributed by atoms with Crippen LogP contribution in [0.1, 0.15) is 41.5 Å². The molecule has 0 aromatic rings. The molecule has 0 spiro atoms. The first kappa shape index (κ1) is 24.9. The van der Waals surface area contributed by atoms with Gasteiger partial charge in [-0.1, -0.05) is 51.9 Å². The monoisotopic (exact) mass is 430 g/mol. The fraction of sp³-hybridized carbons (Fsp3) is 0.556. The van der Waals surface area contributed by atoms with E-state index in [9.17, 15) is 0 Å². The van der Waals surface area contributed by atoms with Crippen molar-refractivity contribution in [3.8, 4) is 0 Å². The van der Waals surface area contributed by atoms with Gasteiger partial charge in [-0.05, 0) is 0 Å². The summed E-state index contributed by atoms with van der Waals surface area (Å²) < 4.78 is 0. The zero-order valence-electron chi connectivity index (χ0n) is 14.9. The molecule has 2 unspecified atom stereocenters. The van der Waals surface area contributed by atoms with E-state index >= 15 is 0 Å². The van der Waals surface area contributed by atoms with E-state index in [4.69, 9.17) is 0 Å². The maximum Gasteiger partial charge on any atom is 4.00 e. The Hall–Kier alpha value is 0.640. The van der Waals surface area contributed by atoms with Crippen LogP contribution in [0.3, 0.4) is 0 Å². The summed E-state index contributed by atoms with van der Waals surface area (Å²) in [7, 11) is -1.51. The van der Waals surface area contributed by atoms with E-state index in [1.165, 1.54) is 22.3 Å². The van der Waals surface area contributed by atoms with Gasteiger partial charge in [0.2, 0.25) is 0 Å². The van der Waals surface area contributed by atoms with Crippen LogP contribution in [0.25, 0.3) is 0 Å². The molecule has 0 saturated heterocycles. The van der Waals surface area contributed by atoms with Crippen LogP contribution < -0.4 is 24.8 Å². The summed E-state index contributed by atoms with van der Waals surface area (Å²) in [5.74, 6) is 0. The number of rotatable bonds is 2. The first-order valence-corrected chi connectivity index (χ1v) is 10.4. The van der Waals surface area contributed by atoms with Crippen molar-refractivity contribution >= 4 is 8.07 Å². The molecule has 0 fully saturated rings. The van der Waals surface area contributed by atoms with Gasteiger partial charge in [-0.3, -0.25) is 12.2 Å². The third-order valence-corrected chi connectivity index (χ3v) is 9.51. The van der Waals surface area contributed by atoms with Gasteiger partial charge in [0.25, 0.3) is 0 Å². The molecule has 4 heteroatoms. The molecule has 2 atom stereocenters. The Morgan fingerprint density at radius 2 is 0.955 bits per heavy atom. The van der Waals surface area contributed by atoms with Crippen molar-refractivity contribution in [3.05, 3.63) is 45.6 Å². The van der Waals surface area contributed by atoms with Crippen LogP contribution in [0.2, 0.25) is 24.2 Å². The van der Waals surface area contributed by atoms with E-state index in [1.807, 2.05) is 0 Å². The summed E-state index contributed by atoms with van der Waals surface area (Å²) in [6, 6.07) is 0. The molecule has 2 rings (SSSR count). The van der Waals surface area contributed by atoms with E-state index in [1.54, 1.807) is 11.1 Å². The van der Waals surface area contributed by atoms with E-state index in [-0.39, 0.29) is 51.0 Å². The molecule has 0 nitrogen and oxygen atoms in total. The van der Waals surface area contributed by atoms with Gasteiger partial charge in [0.05, 0.1) is 0 Å². The van der Waals surface area contributed by atoms with Crippen molar-refractivity contribution in [2.45, 2.75) is 65.7 Å². The van der Waals surface area contributed by atoms with Crippen molar-refractivity contribution in [2.75, 3.05) is 0 Å². The molecular formula is C18H26Cl2SiZr. The minimum atomic E-state index is -1.51. The van der Waals surface area contributed by atoms with Gasteiger partial charge in [-0.15, -0.1) is 13.8 Å². The molecule has 0 saturated carbocycles. The number of hydrogen-bond donors (Lipinski definition) is 0. The molecule has 2 aliphatic carbocycles. The Morgan fingerprint density at radius 1 is 0.682 bits per heavy atom. The van der Waals surface area contributed by atoms with Crippen molar-refractivity contribution in [3.63, 3.8) is 0 Å². The fourth-order valence-electron chi connectivity index (χ4n) is 3.55. The number of allylic oxidation sites excluding steroid dienone is 8. The number of hydrogen-bond acceptors (Lipinski definition) is 0. The average Bonchev–Trinajstić information content (AvgIpc) is 2.75. The van der Waals surface area contributed by atoms with Gasteiger partial charge < -0.3 is 24.8 Å². The molecule has 0 amide bonds.